The molecule has 0 amide bonds. The van der Waals surface area contributed by atoms with Gasteiger partial charge in [0.2, 0.25) is 0 Å². The average molecular weight is 391 g/mol. The van der Waals surface area contributed by atoms with E-state index < -0.39 is 10.0 Å². The largest absolute Gasteiger partial charge is 0.490 e. The van der Waals surface area contributed by atoms with Crippen LogP contribution in [0, 0.1) is 0 Å². The zero-order chi connectivity index (χ0) is 19.5. The van der Waals surface area contributed by atoms with E-state index in [0.717, 1.165) is 19.3 Å². The molecular formula is C20H26N2O4S. The van der Waals surface area contributed by atoms with Crippen LogP contribution >= 0.6 is 0 Å². The van der Waals surface area contributed by atoms with Gasteiger partial charge < -0.3 is 9.47 Å². The molecule has 146 valence electrons. The van der Waals surface area contributed by atoms with E-state index in [2.05, 4.69) is 16.9 Å². The van der Waals surface area contributed by atoms with Crippen molar-refractivity contribution in [3.05, 3.63) is 54.1 Å². The molecule has 0 saturated carbocycles. The summed E-state index contributed by atoms with van der Waals surface area (Å²) in [6.07, 6.45) is 4.68. The Morgan fingerprint density at radius 1 is 1.00 bits per heavy atom. The molecule has 0 unspecified atom stereocenters. The molecule has 2 aromatic rings. The summed E-state index contributed by atoms with van der Waals surface area (Å²) in [6.45, 7) is 5.19. The summed E-state index contributed by atoms with van der Waals surface area (Å²) in [6, 6.07) is 13.5. The molecule has 0 fully saturated rings. The zero-order valence-electron chi connectivity index (χ0n) is 15.7. The van der Waals surface area contributed by atoms with Crippen LogP contribution in [0.5, 0.6) is 11.5 Å². The quantitative estimate of drug-likeness (QED) is 0.358. The number of hydrazone groups is 1. The highest BCUT2D eigenvalue weighted by molar-refractivity contribution is 7.89. The molecule has 0 aromatic heterocycles. The number of unbranched alkanes of at least 4 members (excludes halogenated alkanes) is 2. The van der Waals surface area contributed by atoms with E-state index in [-0.39, 0.29) is 4.90 Å². The van der Waals surface area contributed by atoms with Gasteiger partial charge in [0.15, 0.2) is 11.5 Å². The molecule has 2 rings (SSSR count). The standard InChI is InChI=1S/C20H26N2O4S/c1-3-5-9-14-26-19-13-12-17(15-20(19)25-4-2)16-21-22-27(23,24)18-10-7-6-8-11-18/h6-8,10-13,15-16,22H,3-5,9,14H2,1-2H3/b21-16+. The van der Waals surface area contributed by atoms with Gasteiger partial charge in [-0.1, -0.05) is 38.0 Å². The minimum absolute atomic E-state index is 0.160. The minimum Gasteiger partial charge on any atom is -0.490 e. The smallest absolute Gasteiger partial charge is 0.276 e. The van der Waals surface area contributed by atoms with Crippen LogP contribution in [-0.4, -0.2) is 27.8 Å². The van der Waals surface area contributed by atoms with Crippen molar-refractivity contribution < 1.29 is 17.9 Å². The van der Waals surface area contributed by atoms with Crippen LogP contribution in [-0.2, 0) is 10.0 Å². The zero-order valence-corrected chi connectivity index (χ0v) is 16.5. The fourth-order valence-electron chi connectivity index (χ4n) is 2.35. The highest BCUT2D eigenvalue weighted by Crippen LogP contribution is 2.28. The Bertz CT molecular complexity index is 836. The van der Waals surface area contributed by atoms with E-state index in [1.807, 2.05) is 13.0 Å². The number of nitrogens with zero attached hydrogens (tertiary/aromatic N) is 1. The van der Waals surface area contributed by atoms with Crippen molar-refractivity contribution in [2.75, 3.05) is 13.2 Å². The van der Waals surface area contributed by atoms with E-state index in [4.69, 9.17) is 9.47 Å². The maximum absolute atomic E-state index is 12.1. The van der Waals surface area contributed by atoms with Gasteiger partial charge >= 0.3 is 0 Å². The molecular weight excluding hydrogens is 364 g/mol. The SMILES string of the molecule is CCCCCOc1ccc(/C=N/NS(=O)(=O)c2ccccc2)cc1OCC. The fraction of sp³-hybridized carbons (Fsp3) is 0.350. The van der Waals surface area contributed by atoms with E-state index in [9.17, 15) is 8.42 Å². The lowest BCUT2D eigenvalue weighted by Crippen LogP contribution is -2.18. The lowest BCUT2D eigenvalue weighted by molar-refractivity contribution is 0.271. The van der Waals surface area contributed by atoms with Crippen LogP contribution in [0.1, 0.15) is 38.7 Å². The molecule has 0 heterocycles. The fourth-order valence-corrected chi connectivity index (χ4v) is 3.16. The molecule has 0 saturated heterocycles. The maximum atomic E-state index is 12.1. The van der Waals surface area contributed by atoms with Crippen LogP contribution < -0.4 is 14.3 Å². The predicted octanol–water partition coefficient (Wildman–Crippen LogP) is 3.97. The van der Waals surface area contributed by atoms with Crippen LogP contribution in [0.2, 0.25) is 0 Å². The number of hydrogen-bond donors (Lipinski definition) is 1. The molecule has 0 aliphatic carbocycles. The van der Waals surface area contributed by atoms with Crippen molar-refractivity contribution in [2.45, 2.75) is 38.0 Å². The molecule has 0 atom stereocenters. The lowest BCUT2D eigenvalue weighted by atomic mass is 10.2. The summed E-state index contributed by atoms with van der Waals surface area (Å²) in [5, 5.41) is 3.85. The Kier molecular flexibility index (Phi) is 8.13. The van der Waals surface area contributed by atoms with Crippen LogP contribution in [0.15, 0.2) is 58.5 Å². The van der Waals surface area contributed by atoms with E-state index >= 15 is 0 Å². The van der Waals surface area contributed by atoms with Gasteiger partial charge in [0.25, 0.3) is 10.0 Å². The second-order valence-electron chi connectivity index (χ2n) is 5.86. The molecule has 0 aliphatic rings. The molecule has 0 spiro atoms. The summed E-state index contributed by atoms with van der Waals surface area (Å²) in [5.41, 5.74) is 0.704. The van der Waals surface area contributed by atoms with Crippen molar-refractivity contribution in [1.82, 2.24) is 4.83 Å². The summed E-state index contributed by atoms with van der Waals surface area (Å²) >= 11 is 0. The van der Waals surface area contributed by atoms with E-state index in [0.29, 0.717) is 30.3 Å². The van der Waals surface area contributed by atoms with Gasteiger partial charge in [-0.25, -0.2) is 4.83 Å². The van der Waals surface area contributed by atoms with Crippen LogP contribution in [0.3, 0.4) is 0 Å². The third-order valence-electron chi connectivity index (χ3n) is 3.71. The topological polar surface area (TPSA) is 77.0 Å². The Balaban J connectivity index is 2.05. The number of hydrogen-bond acceptors (Lipinski definition) is 5. The summed E-state index contributed by atoms with van der Waals surface area (Å²) < 4.78 is 35.7. The van der Waals surface area contributed by atoms with Gasteiger partial charge in [-0.2, -0.15) is 13.5 Å². The first-order valence-electron chi connectivity index (χ1n) is 9.06. The molecule has 27 heavy (non-hydrogen) atoms. The van der Waals surface area contributed by atoms with Gasteiger partial charge in [0, 0.05) is 0 Å². The van der Waals surface area contributed by atoms with Crippen molar-refractivity contribution in [3.63, 3.8) is 0 Å². The highest BCUT2D eigenvalue weighted by atomic mass is 32.2. The molecule has 0 radical (unpaired) electrons. The van der Waals surface area contributed by atoms with Crippen LogP contribution in [0.25, 0.3) is 0 Å². The van der Waals surface area contributed by atoms with Crippen molar-refractivity contribution in [3.8, 4) is 11.5 Å². The summed E-state index contributed by atoms with van der Waals surface area (Å²) in [5.74, 6) is 1.29. The second-order valence-corrected chi connectivity index (χ2v) is 7.52. The van der Waals surface area contributed by atoms with Gasteiger partial charge in [-0.3, -0.25) is 0 Å². The molecule has 0 aliphatic heterocycles. The second kappa shape index (κ2) is 10.6. The Morgan fingerprint density at radius 3 is 2.48 bits per heavy atom. The number of ether oxygens (including phenoxy) is 2. The number of benzene rings is 2. The predicted molar refractivity (Wildman–Crippen MR) is 107 cm³/mol. The molecule has 2 aromatic carbocycles. The third kappa shape index (κ3) is 6.60. The molecule has 7 heteroatoms. The number of nitrogens with one attached hydrogen (secondary N) is 1. The first-order chi connectivity index (χ1) is 13.1. The van der Waals surface area contributed by atoms with Gasteiger partial charge in [-0.15, -0.1) is 0 Å². The van der Waals surface area contributed by atoms with Gasteiger partial charge in [0.05, 0.1) is 24.3 Å². The highest BCUT2D eigenvalue weighted by Gasteiger charge is 2.11. The van der Waals surface area contributed by atoms with Crippen molar-refractivity contribution >= 4 is 16.2 Å². The van der Waals surface area contributed by atoms with Gasteiger partial charge in [0.1, 0.15) is 0 Å². The molecule has 6 nitrogen and oxygen atoms in total. The molecule has 0 bridgehead atoms. The normalized spacial score (nSPS) is 11.5. The Morgan fingerprint density at radius 2 is 1.78 bits per heavy atom. The third-order valence-corrected chi connectivity index (χ3v) is 4.95. The monoisotopic (exact) mass is 390 g/mol. The average Bonchev–Trinajstić information content (AvgIpc) is 2.67. The number of rotatable bonds is 11. The van der Waals surface area contributed by atoms with E-state index in [1.165, 1.54) is 18.3 Å². The maximum Gasteiger partial charge on any atom is 0.276 e. The van der Waals surface area contributed by atoms with Gasteiger partial charge in [-0.05, 0) is 49.2 Å². The Hall–Kier alpha value is -2.54. The van der Waals surface area contributed by atoms with Crippen molar-refractivity contribution in [2.24, 2.45) is 5.10 Å². The lowest BCUT2D eigenvalue weighted by Gasteiger charge is -2.12. The summed E-state index contributed by atoms with van der Waals surface area (Å²) in [4.78, 5) is 2.37. The van der Waals surface area contributed by atoms with E-state index in [1.54, 1.807) is 30.3 Å². The Labute approximate surface area is 161 Å². The molecule has 1 N–H and O–H groups in total. The first-order valence-corrected chi connectivity index (χ1v) is 10.5. The van der Waals surface area contributed by atoms with Crippen LogP contribution in [0.4, 0.5) is 0 Å². The summed E-state index contributed by atoms with van der Waals surface area (Å²) in [7, 11) is -3.68. The van der Waals surface area contributed by atoms with Crippen molar-refractivity contribution in [1.29, 1.82) is 0 Å². The minimum atomic E-state index is -3.68. The first kappa shape index (κ1) is 20.8. The number of sulfonamides is 1.